The third-order valence-corrected chi connectivity index (χ3v) is 9.94. The molecule has 1 aromatic heterocycles. The fourth-order valence-corrected chi connectivity index (χ4v) is 7.18. The molecular weight excluding hydrogens is 592 g/mol. The number of benzene rings is 3. The molecule has 0 fully saturated rings. The molecule has 0 aliphatic carbocycles. The summed E-state index contributed by atoms with van der Waals surface area (Å²) in [7, 11) is -3.57. The molecule has 0 saturated heterocycles. The summed E-state index contributed by atoms with van der Waals surface area (Å²) < 4.78 is 39.4. The summed E-state index contributed by atoms with van der Waals surface area (Å²) in [5.41, 5.74) is 3.07. The molecule has 45 heavy (non-hydrogen) atoms. The van der Waals surface area contributed by atoms with Crippen LogP contribution in [0, 0.1) is 0 Å². The van der Waals surface area contributed by atoms with Gasteiger partial charge in [0.1, 0.15) is 24.7 Å². The minimum absolute atomic E-state index is 0.0169. The average molecular weight is 629 g/mol. The van der Waals surface area contributed by atoms with Crippen LogP contribution >= 0.6 is 0 Å². The van der Waals surface area contributed by atoms with Gasteiger partial charge < -0.3 is 19.3 Å². The Hall–Kier alpha value is -4.64. The van der Waals surface area contributed by atoms with Crippen molar-refractivity contribution in [1.82, 2.24) is 19.6 Å². The van der Waals surface area contributed by atoms with Gasteiger partial charge in [-0.15, -0.1) is 0 Å². The smallest absolute Gasteiger partial charge is 0.245 e. The molecule has 0 saturated carbocycles. The van der Waals surface area contributed by atoms with Gasteiger partial charge in [0.15, 0.2) is 9.84 Å². The first kappa shape index (κ1) is 30.4. The van der Waals surface area contributed by atoms with Gasteiger partial charge in [0, 0.05) is 31.9 Å². The lowest BCUT2D eigenvalue weighted by Gasteiger charge is -2.38. The molecule has 4 heterocycles. The summed E-state index contributed by atoms with van der Waals surface area (Å²) in [6.45, 7) is 2.03. The van der Waals surface area contributed by atoms with E-state index in [9.17, 15) is 18.0 Å². The number of hydrogen-bond donors (Lipinski definition) is 0. The maximum atomic E-state index is 13.5. The molecule has 10 nitrogen and oxygen atoms in total. The van der Waals surface area contributed by atoms with Crippen molar-refractivity contribution in [3.63, 3.8) is 0 Å². The highest BCUT2D eigenvalue weighted by atomic mass is 32.2. The van der Waals surface area contributed by atoms with Crippen molar-refractivity contribution in [2.24, 2.45) is 0 Å². The number of aromatic nitrogens is 2. The second kappa shape index (κ2) is 13.6. The molecule has 11 heteroatoms. The Bertz CT molecular complexity index is 1740. The van der Waals surface area contributed by atoms with Crippen LogP contribution in [0.1, 0.15) is 35.6 Å². The van der Waals surface area contributed by atoms with Crippen molar-refractivity contribution in [2.75, 3.05) is 38.6 Å². The minimum Gasteiger partial charge on any atom is -0.494 e. The van der Waals surface area contributed by atoms with Crippen LogP contribution in [-0.2, 0) is 32.4 Å². The van der Waals surface area contributed by atoms with Gasteiger partial charge in [-0.1, -0.05) is 36.4 Å². The predicted molar refractivity (Wildman–Crippen MR) is 168 cm³/mol. The molecule has 2 amide bonds. The van der Waals surface area contributed by atoms with Crippen LogP contribution in [0.2, 0.25) is 0 Å². The lowest BCUT2D eigenvalue weighted by Crippen LogP contribution is -2.42. The molecule has 3 aliphatic heterocycles. The minimum atomic E-state index is -3.57. The molecule has 4 aromatic rings. The van der Waals surface area contributed by atoms with Gasteiger partial charge in [0.05, 0.1) is 29.8 Å². The standard InChI is InChI=1S/C34H36N4O6S/c39-32(14-22-45(41,42)30-9-2-1-3-10-30)36-16-6-20-43-28-8-4-7-27(24-28)34-31-12-11-29(44-21-19-36)23-26(31)13-18-38(34)33(40)25-37-17-5-15-35-37/h1-5,7-12,15,17,23-24,34H,6,13-14,16,18-22,25H2. The van der Waals surface area contributed by atoms with Gasteiger partial charge in [0.2, 0.25) is 11.8 Å². The zero-order valence-corrected chi connectivity index (χ0v) is 25.8. The SMILES string of the molecule is O=C(CCS(=O)(=O)c1ccccc1)N1CCCOc2cccc(c2)C2c3ccc(cc3CCN2C(=O)Cn2cccn2)OCC1. The van der Waals surface area contributed by atoms with Crippen molar-refractivity contribution < 1.29 is 27.5 Å². The highest BCUT2D eigenvalue weighted by molar-refractivity contribution is 7.91. The zero-order chi connectivity index (χ0) is 31.2. The number of hydrogen-bond acceptors (Lipinski definition) is 7. The van der Waals surface area contributed by atoms with E-state index in [1.807, 2.05) is 47.4 Å². The maximum absolute atomic E-state index is 13.5. The number of ether oxygens (including phenoxy) is 2. The predicted octanol–water partition coefficient (Wildman–Crippen LogP) is 3.91. The number of rotatable bonds is 6. The molecule has 1 atom stereocenters. The molecule has 234 valence electrons. The molecule has 0 N–H and O–H groups in total. The van der Waals surface area contributed by atoms with Crippen LogP contribution in [0.15, 0.2) is 96.2 Å². The van der Waals surface area contributed by atoms with E-state index in [2.05, 4.69) is 5.10 Å². The molecule has 7 rings (SSSR count). The maximum Gasteiger partial charge on any atom is 0.245 e. The summed E-state index contributed by atoms with van der Waals surface area (Å²) in [6, 6.07) is 23.4. The van der Waals surface area contributed by atoms with Crippen molar-refractivity contribution in [1.29, 1.82) is 0 Å². The molecule has 0 spiro atoms. The van der Waals surface area contributed by atoms with E-state index in [4.69, 9.17) is 9.47 Å². The third-order valence-electron chi connectivity index (χ3n) is 8.20. The first-order valence-corrected chi connectivity index (χ1v) is 16.8. The highest BCUT2D eigenvalue weighted by Gasteiger charge is 2.33. The van der Waals surface area contributed by atoms with E-state index in [1.54, 1.807) is 58.4 Å². The van der Waals surface area contributed by atoms with Crippen LogP contribution in [0.4, 0.5) is 0 Å². The van der Waals surface area contributed by atoms with E-state index < -0.39 is 9.84 Å². The van der Waals surface area contributed by atoms with E-state index in [0.717, 1.165) is 16.7 Å². The first-order valence-electron chi connectivity index (χ1n) is 15.2. The number of carbonyl (C=O) groups is 2. The molecule has 1 unspecified atom stereocenters. The number of carbonyl (C=O) groups excluding carboxylic acids is 2. The number of nitrogens with zero attached hydrogens (tertiary/aromatic N) is 4. The van der Waals surface area contributed by atoms with Gasteiger partial charge in [-0.2, -0.15) is 5.10 Å². The Labute approximate surface area is 263 Å². The first-order chi connectivity index (χ1) is 21.9. The largest absolute Gasteiger partial charge is 0.494 e. The Balaban J connectivity index is 1.21. The van der Waals surface area contributed by atoms with E-state index >= 15 is 0 Å². The summed E-state index contributed by atoms with van der Waals surface area (Å²) in [5, 5.41) is 4.22. The summed E-state index contributed by atoms with van der Waals surface area (Å²) in [6.07, 6.45) is 4.56. The lowest BCUT2D eigenvalue weighted by molar-refractivity contribution is -0.134. The Morgan fingerprint density at radius 3 is 2.49 bits per heavy atom. The fourth-order valence-electron chi connectivity index (χ4n) is 5.92. The van der Waals surface area contributed by atoms with Gasteiger partial charge >= 0.3 is 0 Å². The number of sulfone groups is 1. The molecule has 6 bridgehead atoms. The van der Waals surface area contributed by atoms with Crippen molar-refractivity contribution >= 4 is 21.7 Å². The Morgan fingerprint density at radius 1 is 0.844 bits per heavy atom. The van der Waals surface area contributed by atoms with Gasteiger partial charge in [-0.3, -0.25) is 14.3 Å². The molecule has 0 radical (unpaired) electrons. The van der Waals surface area contributed by atoms with Crippen LogP contribution in [0.25, 0.3) is 0 Å². The van der Waals surface area contributed by atoms with Crippen molar-refractivity contribution in [2.45, 2.75) is 36.7 Å². The van der Waals surface area contributed by atoms with Crippen LogP contribution in [-0.4, -0.2) is 78.4 Å². The van der Waals surface area contributed by atoms with E-state index in [0.29, 0.717) is 50.6 Å². The molecule has 3 aliphatic rings. The number of fused-ring (bicyclic) bond motifs is 8. The Kier molecular flexibility index (Phi) is 9.16. The molecule has 3 aromatic carbocycles. The second-order valence-corrected chi connectivity index (χ2v) is 13.3. The average Bonchev–Trinajstić information content (AvgIpc) is 3.57. The van der Waals surface area contributed by atoms with Crippen LogP contribution in [0.3, 0.4) is 0 Å². The van der Waals surface area contributed by atoms with E-state index in [-0.39, 0.29) is 48.1 Å². The Morgan fingerprint density at radius 2 is 1.67 bits per heavy atom. The number of amides is 2. The summed E-state index contributed by atoms with van der Waals surface area (Å²) >= 11 is 0. The quantitative estimate of drug-likeness (QED) is 0.318. The normalized spacial score (nSPS) is 16.9. The van der Waals surface area contributed by atoms with Gasteiger partial charge in [-0.25, -0.2) is 8.42 Å². The van der Waals surface area contributed by atoms with Crippen molar-refractivity contribution in [3.8, 4) is 11.5 Å². The zero-order valence-electron chi connectivity index (χ0n) is 25.0. The lowest BCUT2D eigenvalue weighted by atomic mass is 9.87. The topological polar surface area (TPSA) is 111 Å². The third kappa shape index (κ3) is 7.20. The van der Waals surface area contributed by atoms with Gasteiger partial charge in [0.25, 0.3) is 0 Å². The molecular formula is C34H36N4O6S. The summed E-state index contributed by atoms with van der Waals surface area (Å²) in [5.74, 6) is 0.848. The fraction of sp³-hybridized carbons (Fsp3) is 0.324. The second-order valence-electron chi connectivity index (χ2n) is 11.2. The summed E-state index contributed by atoms with van der Waals surface area (Å²) in [4.78, 5) is 30.6. The van der Waals surface area contributed by atoms with Gasteiger partial charge in [-0.05, 0) is 72.0 Å². The van der Waals surface area contributed by atoms with E-state index in [1.165, 1.54) is 0 Å². The van der Waals surface area contributed by atoms with Crippen molar-refractivity contribution in [3.05, 3.63) is 108 Å². The highest BCUT2D eigenvalue weighted by Crippen LogP contribution is 2.38. The van der Waals surface area contributed by atoms with Crippen LogP contribution in [0.5, 0.6) is 11.5 Å². The van der Waals surface area contributed by atoms with Crippen LogP contribution < -0.4 is 9.47 Å². The monoisotopic (exact) mass is 628 g/mol.